The van der Waals surface area contributed by atoms with Gasteiger partial charge in [-0.2, -0.15) is 0 Å². The lowest BCUT2D eigenvalue weighted by Gasteiger charge is -2.33. The second kappa shape index (κ2) is 8.56. The fraction of sp³-hybridized carbons (Fsp3) is 0.368. The smallest absolute Gasteiger partial charge is 0.110 e. The minimum absolute atomic E-state index is 0.307. The lowest BCUT2D eigenvalue weighted by atomic mass is 9.91. The van der Waals surface area contributed by atoms with Crippen LogP contribution in [-0.2, 0) is 11.3 Å². The Morgan fingerprint density at radius 2 is 1.70 bits per heavy atom. The van der Waals surface area contributed by atoms with Crippen LogP contribution in [0.25, 0.3) is 0 Å². The van der Waals surface area contributed by atoms with Crippen molar-refractivity contribution in [3.63, 3.8) is 0 Å². The van der Waals surface area contributed by atoms with Gasteiger partial charge in [0.25, 0.3) is 0 Å². The highest BCUT2D eigenvalue weighted by Gasteiger charge is 2.30. The van der Waals surface area contributed by atoms with Crippen LogP contribution in [-0.4, -0.2) is 18.7 Å². The van der Waals surface area contributed by atoms with Crippen molar-refractivity contribution in [2.24, 2.45) is 0 Å². The van der Waals surface area contributed by atoms with E-state index in [2.05, 4.69) is 42.0 Å². The van der Waals surface area contributed by atoms with E-state index in [4.69, 9.17) is 10.6 Å². The van der Waals surface area contributed by atoms with Crippen molar-refractivity contribution in [2.45, 2.75) is 32.3 Å². The topological polar surface area (TPSA) is 59.3 Å². The molecule has 0 spiro atoms. The predicted molar refractivity (Wildman–Crippen MR) is 97.3 cm³/mol. The lowest BCUT2D eigenvalue weighted by molar-refractivity contribution is -0.0986. The van der Waals surface area contributed by atoms with Crippen LogP contribution in [0.4, 0.5) is 11.4 Å². The second-order valence-electron chi connectivity index (χ2n) is 5.77. The second-order valence-corrected chi connectivity index (χ2v) is 5.77. The van der Waals surface area contributed by atoms with Crippen molar-refractivity contribution in [3.05, 3.63) is 60.2 Å². The molecule has 23 heavy (non-hydrogen) atoms. The summed E-state index contributed by atoms with van der Waals surface area (Å²) in [6.07, 6.45) is 1.75. The van der Waals surface area contributed by atoms with Crippen molar-refractivity contribution in [1.82, 2.24) is 5.48 Å². The molecule has 0 aliphatic carbocycles. The first-order valence-corrected chi connectivity index (χ1v) is 8.21. The Kier molecular flexibility index (Phi) is 6.44. The van der Waals surface area contributed by atoms with Crippen LogP contribution < -0.4 is 16.5 Å². The molecule has 0 aliphatic rings. The fourth-order valence-corrected chi connectivity index (χ4v) is 2.51. The Morgan fingerprint density at radius 1 is 1.00 bits per heavy atom. The number of anilines is 2. The highest BCUT2D eigenvalue weighted by molar-refractivity contribution is 5.51. The first-order chi connectivity index (χ1) is 11.2. The summed E-state index contributed by atoms with van der Waals surface area (Å²) in [6, 6.07) is 18.2. The quantitative estimate of drug-likeness (QED) is 0.489. The van der Waals surface area contributed by atoms with Gasteiger partial charge < -0.3 is 11.1 Å². The molecule has 124 valence electrons. The van der Waals surface area contributed by atoms with E-state index >= 15 is 0 Å². The highest BCUT2D eigenvalue weighted by atomic mass is 16.7. The van der Waals surface area contributed by atoms with Crippen molar-refractivity contribution >= 4 is 11.4 Å². The SMILES string of the molecule is CCNOC(CC)(CNc1ccc(N)cc1)Cc1ccccc1. The van der Waals surface area contributed by atoms with Gasteiger partial charge in [0.1, 0.15) is 5.60 Å². The zero-order valence-corrected chi connectivity index (χ0v) is 14.0. The number of nitrogen functional groups attached to an aromatic ring is 1. The molecule has 4 N–H and O–H groups in total. The van der Waals surface area contributed by atoms with E-state index in [0.717, 1.165) is 37.3 Å². The minimum Gasteiger partial charge on any atom is -0.399 e. The summed E-state index contributed by atoms with van der Waals surface area (Å²) in [5.41, 5.74) is 11.6. The Labute approximate surface area is 139 Å². The molecule has 0 bridgehead atoms. The predicted octanol–water partition coefficient (Wildman–Crippen LogP) is 3.61. The molecule has 0 saturated carbocycles. The molecule has 0 amide bonds. The first-order valence-electron chi connectivity index (χ1n) is 8.21. The molecule has 0 heterocycles. The average Bonchev–Trinajstić information content (AvgIpc) is 2.60. The molecule has 0 fully saturated rings. The van der Waals surface area contributed by atoms with Crippen molar-refractivity contribution in [2.75, 3.05) is 24.1 Å². The maximum Gasteiger partial charge on any atom is 0.110 e. The number of nitrogens with two attached hydrogens (primary N) is 1. The van der Waals surface area contributed by atoms with Crippen LogP contribution in [0, 0.1) is 0 Å². The van der Waals surface area contributed by atoms with Gasteiger partial charge in [-0.1, -0.05) is 44.2 Å². The zero-order chi connectivity index (χ0) is 16.5. The third-order valence-corrected chi connectivity index (χ3v) is 3.97. The molecule has 2 rings (SSSR count). The maximum absolute atomic E-state index is 6.04. The van der Waals surface area contributed by atoms with E-state index in [-0.39, 0.29) is 5.60 Å². The van der Waals surface area contributed by atoms with Gasteiger partial charge in [-0.05, 0) is 36.2 Å². The van der Waals surface area contributed by atoms with E-state index in [9.17, 15) is 0 Å². The van der Waals surface area contributed by atoms with Gasteiger partial charge in [0, 0.05) is 30.9 Å². The molecule has 0 aromatic heterocycles. The molecule has 1 atom stereocenters. The van der Waals surface area contributed by atoms with E-state index in [1.165, 1.54) is 5.56 Å². The Bertz CT molecular complexity index is 571. The van der Waals surface area contributed by atoms with Gasteiger partial charge in [0.2, 0.25) is 0 Å². The van der Waals surface area contributed by atoms with Crippen LogP contribution in [0.1, 0.15) is 25.8 Å². The molecule has 0 aliphatic heterocycles. The van der Waals surface area contributed by atoms with Crippen LogP contribution >= 0.6 is 0 Å². The summed E-state index contributed by atoms with van der Waals surface area (Å²) in [5.74, 6) is 0. The third-order valence-electron chi connectivity index (χ3n) is 3.97. The molecule has 2 aromatic carbocycles. The number of hydrogen-bond acceptors (Lipinski definition) is 4. The summed E-state index contributed by atoms with van der Waals surface area (Å²) < 4.78 is 0. The monoisotopic (exact) mass is 313 g/mol. The lowest BCUT2D eigenvalue weighted by Crippen LogP contribution is -2.45. The summed E-state index contributed by atoms with van der Waals surface area (Å²) in [5, 5.41) is 3.47. The minimum atomic E-state index is -0.307. The Morgan fingerprint density at radius 3 is 2.30 bits per heavy atom. The van der Waals surface area contributed by atoms with Gasteiger partial charge in [-0.3, -0.25) is 4.84 Å². The third kappa shape index (κ3) is 5.27. The van der Waals surface area contributed by atoms with Crippen molar-refractivity contribution < 1.29 is 4.84 Å². The van der Waals surface area contributed by atoms with Crippen LogP contribution in [0.15, 0.2) is 54.6 Å². The van der Waals surface area contributed by atoms with Gasteiger partial charge in [0.05, 0.1) is 0 Å². The number of hydroxylamine groups is 1. The standard InChI is InChI=1S/C19H27N3O/c1-3-19(23-22-4-2,14-16-8-6-5-7-9-16)15-21-18-12-10-17(20)11-13-18/h5-13,21-22H,3-4,14-15,20H2,1-2H3. The number of nitrogens with one attached hydrogen (secondary N) is 2. The molecular formula is C19H27N3O. The van der Waals surface area contributed by atoms with Crippen LogP contribution in [0.5, 0.6) is 0 Å². The first kappa shape index (κ1) is 17.3. The summed E-state index contributed by atoms with van der Waals surface area (Å²) in [6.45, 7) is 5.69. The molecule has 0 saturated heterocycles. The average molecular weight is 313 g/mol. The van der Waals surface area contributed by atoms with Crippen LogP contribution in [0.2, 0.25) is 0 Å². The number of hydrogen-bond donors (Lipinski definition) is 3. The summed E-state index contributed by atoms with van der Waals surface area (Å²) in [4.78, 5) is 6.04. The van der Waals surface area contributed by atoms with E-state index in [1.807, 2.05) is 37.3 Å². The van der Waals surface area contributed by atoms with E-state index < -0.39 is 0 Å². The number of benzene rings is 2. The van der Waals surface area contributed by atoms with Gasteiger partial charge in [-0.25, -0.2) is 5.48 Å². The van der Waals surface area contributed by atoms with Crippen molar-refractivity contribution in [1.29, 1.82) is 0 Å². The molecule has 2 aromatic rings. The van der Waals surface area contributed by atoms with E-state index in [0.29, 0.717) is 0 Å². The van der Waals surface area contributed by atoms with E-state index in [1.54, 1.807) is 0 Å². The Hall–Kier alpha value is -2.04. The van der Waals surface area contributed by atoms with Crippen molar-refractivity contribution in [3.8, 4) is 0 Å². The van der Waals surface area contributed by atoms with Gasteiger partial charge in [-0.15, -0.1) is 0 Å². The highest BCUT2D eigenvalue weighted by Crippen LogP contribution is 2.23. The number of rotatable bonds is 9. The summed E-state index contributed by atoms with van der Waals surface area (Å²) in [7, 11) is 0. The molecule has 4 heteroatoms. The zero-order valence-electron chi connectivity index (χ0n) is 14.0. The largest absolute Gasteiger partial charge is 0.399 e. The molecular weight excluding hydrogens is 286 g/mol. The normalized spacial score (nSPS) is 13.5. The molecule has 4 nitrogen and oxygen atoms in total. The molecule has 1 unspecified atom stereocenters. The van der Waals surface area contributed by atoms with Gasteiger partial charge >= 0.3 is 0 Å². The molecule has 0 radical (unpaired) electrons. The summed E-state index contributed by atoms with van der Waals surface area (Å²) >= 11 is 0. The maximum atomic E-state index is 6.04. The van der Waals surface area contributed by atoms with Crippen LogP contribution in [0.3, 0.4) is 0 Å². The Balaban J connectivity index is 2.09. The fourth-order valence-electron chi connectivity index (χ4n) is 2.51. The van der Waals surface area contributed by atoms with Gasteiger partial charge in [0.15, 0.2) is 0 Å².